The highest BCUT2D eigenvalue weighted by Crippen LogP contribution is 2.33. The Labute approximate surface area is 202 Å². The second-order valence-electron chi connectivity index (χ2n) is 8.00. The first-order chi connectivity index (χ1) is 16.0. The van der Waals surface area contributed by atoms with Crippen LogP contribution in [0.5, 0.6) is 0 Å². The summed E-state index contributed by atoms with van der Waals surface area (Å²) in [5, 5.41) is 0.648. The Morgan fingerprint density at radius 3 is 2.64 bits per heavy atom. The van der Waals surface area contributed by atoms with E-state index in [2.05, 4.69) is 26.7 Å². The number of hydrogen-bond donors (Lipinski definition) is 1. The summed E-state index contributed by atoms with van der Waals surface area (Å²) >= 11 is 7.49. The molecule has 4 aromatic rings. The van der Waals surface area contributed by atoms with Gasteiger partial charge in [0, 0.05) is 36.0 Å². The molecule has 0 bridgehead atoms. The van der Waals surface area contributed by atoms with Crippen molar-refractivity contribution in [2.24, 2.45) is 0 Å². The van der Waals surface area contributed by atoms with Crippen LogP contribution in [0.2, 0.25) is 5.02 Å². The Balaban J connectivity index is 1.39. The molecule has 2 aromatic carbocycles. The van der Waals surface area contributed by atoms with E-state index in [1.165, 1.54) is 16.9 Å². The molecule has 0 saturated carbocycles. The molecule has 33 heavy (non-hydrogen) atoms. The van der Waals surface area contributed by atoms with Crippen molar-refractivity contribution >= 4 is 38.6 Å². The van der Waals surface area contributed by atoms with E-state index in [0.29, 0.717) is 24.5 Å². The van der Waals surface area contributed by atoms with E-state index < -0.39 is 10.0 Å². The number of nitrogens with one attached hydrogen (secondary N) is 1. The van der Waals surface area contributed by atoms with Gasteiger partial charge >= 0.3 is 0 Å². The van der Waals surface area contributed by atoms with Crippen LogP contribution in [0, 0.1) is 0 Å². The number of sulfonamides is 1. The monoisotopic (exact) mass is 495 g/mol. The lowest BCUT2D eigenvalue weighted by atomic mass is 9.98. The van der Waals surface area contributed by atoms with Crippen molar-refractivity contribution in [3.05, 3.63) is 101 Å². The normalized spacial score (nSPS) is 15.9. The Hall–Kier alpha value is -2.71. The van der Waals surface area contributed by atoms with Gasteiger partial charge in [-0.05, 0) is 60.0 Å². The van der Waals surface area contributed by atoms with Gasteiger partial charge in [-0.1, -0.05) is 48.0 Å². The van der Waals surface area contributed by atoms with Gasteiger partial charge in [-0.25, -0.2) is 13.1 Å². The summed E-state index contributed by atoms with van der Waals surface area (Å²) < 4.78 is 29.7. The van der Waals surface area contributed by atoms with Crippen LogP contribution in [0.4, 0.5) is 5.69 Å². The zero-order chi connectivity index (χ0) is 22.8. The standard InChI is InChI=1S/C25H22ClN3O2S2/c26-20-9-10-23-19(14-20)15-21(17-29(23)16-18-6-2-1-3-7-18)28-33(30,31)25-12-11-24(32-25)22-8-4-5-13-27-22/h1-14,21,28H,15-17H2. The van der Waals surface area contributed by atoms with E-state index in [0.717, 1.165) is 21.8 Å². The third-order valence-corrected chi connectivity index (χ3v) is 8.95. The summed E-state index contributed by atoms with van der Waals surface area (Å²) in [6.07, 6.45) is 2.28. The highest BCUT2D eigenvalue weighted by molar-refractivity contribution is 7.91. The van der Waals surface area contributed by atoms with E-state index in [4.69, 9.17) is 11.6 Å². The van der Waals surface area contributed by atoms with Crippen molar-refractivity contribution in [2.75, 3.05) is 11.4 Å². The Bertz CT molecular complexity index is 1360. The maximum atomic E-state index is 13.2. The Morgan fingerprint density at radius 2 is 1.85 bits per heavy atom. The lowest BCUT2D eigenvalue weighted by Gasteiger charge is -2.36. The van der Waals surface area contributed by atoms with Gasteiger partial charge in [0.1, 0.15) is 4.21 Å². The topological polar surface area (TPSA) is 62.3 Å². The molecule has 5 nitrogen and oxygen atoms in total. The van der Waals surface area contributed by atoms with Crippen molar-refractivity contribution in [3.63, 3.8) is 0 Å². The van der Waals surface area contributed by atoms with Crippen molar-refractivity contribution in [1.29, 1.82) is 0 Å². The molecule has 0 spiro atoms. The molecular weight excluding hydrogens is 474 g/mol. The van der Waals surface area contributed by atoms with E-state index in [1.807, 2.05) is 54.6 Å². The third kappa shape index (κ3) is 4.96. The second-order valence-corrected chi connectivity index (χ2v) is 11.5. The number of nitrogens with zero attached hydrogens (tertiary/aromatic N) is 2. The molecule has 3 heterocycles. The van der Waals surface area contributed by atoms with Gasteiger partial charge in [0.2, 0.25) is 10.0 Å². The average Bonchev–Trinajstić information content (AvgIpc) is 3.31. The number of fused-ring (bicyclic) bond motifs is 1. The molecule has 0 aliphatic carbocycles. The largest absolute Gasteiger partial charge is 0.365 e. The fraction of sp³-hybridized carbons (Fsp3) is 0.160. The van der Waals surface area contributed by atoms with Gasteiger partial charge in [0.05, 0.1) is 10.6 Å². The maximum absolute atomic E-state index is 13.2. The molecule has 168 valence electrons. The Morgan fingerprint density at radius 1 is 1.03 bits per heavy atom. The lowest BCUT2D eigenvalue weighted by molar-refractivity contribution is 0.526. The van der Waals surface area contributed by atoms with Crippen LogP contribution >= 0.6 is 22.9 Å². The first kappa shape index (κ1) is 22.1. The first-order valence-corrected chi connectivity index (χ1v) is 13.3. The molecule has 1 aliphatic rings. The van der Waals surface area contributed by atoms with Crippen molar-refractivity contribution in [1.82, 2.24) is 9.71 Å². The van der Waals surface area contributed by atoms with Gasteiger partial charge < -0.3 is 4.90 Å². The fourth-order valence-corrected chi connectivity index (χ4v) is 6.86. The fourth-order valence-electron chi connectivity index (χ4n) is 4.14. The van der Waals surface area contributed by atoms with Crippen LogP contribution in [0.25, 0.3) is 10.6 Å². The molecular formula is C25H22ClN3O2S2. The predicted octanol–water partition coefficient (Wildman–Crippen LogP) is 5.37. The van der Waals surface area contributed by atoms with E-state index in [9.17, 15) is 8.42 Å². The summed E-state index contributed by atoms with van der Waals surface area (Å²) in [5.41, 5.74) is 4.06. The van der Waals surface area contributed by atoms with Gasteiger partial charge in [-0.15, -0.1) is 11.3 Å². The summed E-state index contributed by atoms with van der Waals surface area (Å²) in [5.74, 6) is 0. The predicted molar refractivity (Wildman–Crippen MR) is 134 cm³/mol. The van der Waals surface area contributed by atoms with Gasteiger partial charge in [-0.2, -0.15) is 0 Å². The number of halogens is 1. The number of thiophene rings is 1. The van der Waals surface area contributed by atoms with Crippen LogP contribution in [-0.2, 0) is 23.0 Å². The number of aromatic nitrogens is 1. The number of pyridine rings is 1. The van der Waals surface area contributed by atoms with E-state index in [1.54, 1.807) is 18.3 Å². The smallest absolute Gasteiger partial charge is 0.250 e. The van der Waals surface area contributed by atoms with Crippen LogP contribution in [-0.4, -0.2) is 26.0 Å². The van der Waals surface area contributed by atoms with Crippen LogP contribution in [0.15, 0.2) is 89.3 Å². The molecule has 0 saturated heterocycles. The minimum atomic E-state index is -3.67. The van der Waals surface area contributed by atoms with E-state index in [-0.39, 0.29) is 10.3 Å². The molecule has 5 rings (SSSR count). The Kier molecular flexibility index (Phi) is 6.21. The highest BCUT2D eigenvalue weighted by atomic mass is 35.5. The number of hydrogen-bond acceptors (Lipinski definition) is 5. The molecule has 8 heteroatoms. The molecule has 1 aliphatic heterocycles. The average molecular weight is 496 g/mol. The maximum Gasteiger partial charge on any atom is 0.250 e. The number of rotatable bonds is 6. The molecule has 0 fully saturated rings. The second kappa shape index (κ2) is 9.27. The SMILES string of the molecule is O=S(=O)(NC1Cc2cc(Cl)ccc2N(Cc2ccccc2)C1)c1ccc(-c2ccccn2)s1. The minimum absolute atomic E-state index is 0.273. The van der Waals surface area contributed by atoms with E-state index >= 15 is 0 Å². The molecule has 1 unspecified atom stereocenters. The summed E-state index contributed by atoms with van der Waals surface area (Å²) in [6, 6.07) is 24.8. The molecule has 0 radical (unpaired) electrons. The molecule has 0 amide bonds. The molecule has 1 atom stereocenters. The molecule has 2 aromatic heterocycles. The number of benzene rings is 2. The van der Waals surface area contributed by atoms with Crippen molar-refractivity contribution in [3.8, 4) is 10.6 Å². The van der Waals surface area contributed by atoms with Gasteiger partial charge in [-0.3, -0.25) is 4.98 Å². The minimum Gasteiger partial charge on any atom is -0.365 e. The quantitative estimate of drug-likeness (QED) is 0.390. The first-order valence-electron chi connectivity index (χ1n) is 10.6. The number of anilines is 1. The molecule has 1 N–H and O–H groups in total. The van der Waals surface area contributed by atoms with Crippen molar-refractivity contribution in [2.45, 2.75) is 23.2 Å². The summed E-state index contributed by atoms with van der Waals surface area (Å²) in [4.78, 5) is 7.35. The third-order valence-electron chi connectivity index (χ3n) is 5.59. The van der Waals surface area contributed by atoms with Crippen molar-refractivity contribution < 1.29 is 8.42 Å². The van der Waals surface area contributed by atoms with Gasteiger partial charge in [0.15, 0.2) is 0 Å². The van der Waals surface area contributed by atoms with Crippen LogP contribution in [0.3, 0.4) is 0 Å². The summed E-state index contributed by atoms with van der Waals surface area (Å²) in [7, 11) is -3.67. The highest BCUT2D eigenvalue weighted by Gasteiger charge is 2.29. The zero-order valence-corrected chi connectivity index (χ0v) is 20.1. The summed E-state index contributed by atoms with van der Waals surface area (Å²) in [6.45, 7) is 1.26. The lowest BCUT2D eigenvalue weighted by Crippen LogP contribution is -2.47. The van der Waals surface area contributed by atoms with Crippen LogP contribution < -0.4 is 9.62 Å². The van der Waals surface area contributed by atoms with Crippen LogP contribution in [0.1, 0.15) is 11.1 Å². The zero-order valence-electron chi connectivity index (χ0n) is 17.7. The van der Waals surface area contributed by atoms with Gasteiger partial charge in [0.25, 0.3) is 0 Å².